The lowest BCUT2D eigenvalue weighted by molar-refractivity contribution is -0.170. The van der Waals surface area contributed by atoms with Crippen LogP contribution in [0.2, 0.25) is 0 Å². The van der Waals surface area contributed by atoms with Crippen molar-refractivity contribution in [3.05, 3.63) is 11.8 Å². The lowest BCUT2D eigenvalue weighted by atomic mass is 9.90. The third-order valence-corrected chi connectivity index (χ3v) is 4.00. The fourth-order valence-corrected chi connectivity index (χ4v) is 2.71. The molecule has 0 N–H and O–H groups in total. The van der Waals surface area contributed by atoms with E-state index in [1.807, 2.05) is 0 Å². The summed E-state index contributed by atoms with van der Waals surface area (Å²) < 4.78 is 73.5. The topological polar surface area (TPSA) is 61.8 Å². The number of halogens is 3. The van der Waals surface area contributed by atoms with Gasteiger partial charge in [-0.25, -0.2) is 0 Å². The number of allylic oxidation sites excluding steroid dienone is 1. The molecule has 2 aliphatic rings. The van der Waals surface area contributed by atoms with Crippen LogP contribution in [0.3, 0.4) is 0 Å². The van der Waals surface area contributed by atoms with Crippen molar-refractivity contribution in [3.8, 4) is 0 Å². The van der Waals surface area contributed by atoms with E-state index >= 15 is 0 Å². The van der Waals surface area contributed by atoms with Crippen LogP contribution in [-0.4, -0.2) is 32.9 Å². The van der Waals surface area contributed by atoms with Crippen LogP contribution in [0.5, 0.6) is 0 Å². The Morgan fingerprint density at radius 2 is 1.95 bits per heavy atom. The third-order valence-electron chi connectivity index (χ3n) is 3.02. The van der Waals surface area contributed by atoms with Gasteiger partial charge < -0.3 is 13.7 Å². The molecule has 0 aromatic carbocycles. The summed E-state index contributed by atoms with van der Waals surface area (Å²) in [5.74, 6) is -1.61. The third kappa shape index (κ3) is 2.87. The molecule has 0 bridgehead atoms. The Labute approximate surface area is 108 Å². The Kier molecular flexibility index (Phi) is 3.56. The smallest absolute Gasteiger partial charge is 0.381 e. The number of hydrogen-bond donors (Lipinski definition) is 0. The second-order valence-corrected chi connectivity index (χ2v) is 6.04. The normalized spacial score (nSPS) is 27.4. The summed E-state index contributed by atoms with van der Waals surface area (Å²) in [7, 11) is -5.62. The monoisotopic (exact) mass is 302 g/mol. The van der Waals surface area contributed by atoms with Crippen molar-refractivity contribution in [2.45, 2.75) is 31.1 Å². The molecular formula is C10H13F3O5S. The highest BCUT2D eigenvalue weighted by Crippen LogP contribution is 2.40. The van der Waals surface area contributed by atoms with E-state index in [2.05, 4.69) is 4.18 Å². The molecule has 1 atom stereocenters. The van der Waals surface area contributed by atoms with Crippen molar-refractivity contribution < 1.29 is 35.2 Å². The zero-order valence-corrected chi connectivity index (χ0v) is 10.9. The van der Waals surface area contributed by atoms with Gasteiger partial charge in [0.25, 0.3) is 0 Å². The van der Waals surface area contributed by atoms with Gasteiger partial charge in [-0.15, -0.1) is 0 Å². The molecule has 0 radical (unpaired) electrons. The van der Waals surface area contributed by atoms with Crippen molar-refractivity contribution in [2.75, 3.05) is 13.2 Å². The van der Waals surface area contributed by atoms with Crippen LogP contribution in [0.1, 0.15) is 19.8 Å². The molecule has 0 amide bonds. The molecule has 1 spiro atoms. The molecule has 0 aromatic rings. The zero-order valence-electron chi connectivity index (χ0n) is 10.1. The van der Waals surface area contributed by atoms with E-state index in [9.17, 15) is 21.6 Å². The van der Waals surface area contributed by atoms with Crippen molar-refractivity contribution >= 4 is 10.1 Å². The average Bonchev–Trinajstić information content (AvgIpc) is 2.69. The molecule has 110 valence electrons. The van der Waals surface area contributed by atoms with Crippen molar-refractivity contribution in [1.82, 2.24) is 0 Å². The van der Waals surface area contributed by atoms with E-state index in [-0.39, 0.29) is 18.6 Å². The van der Waals surface area contributed by atoms with E-state index in [0.29, 0.717) is 13.2 Å². The van der Waals surface area contributed by atoms with Gasteiger partial charge in [-0.2, -0.15) is 21.6 Å². The maximum Gasteiger partial charge on any atom is 0.534 e. The van der Waals surface area contributed by atoms with E-state index < -0.39 is 27.3 Å². The Morgan fingerprint density at radius 1 is 1.37 bits per heavy atom. The lowest BCUT2D eigenvalue weighted by Crippen LogP contribution is -2.36. The van der Waals surface area contributed by atoms with Gasteiger partial charge in [-0.05, 0) is 6.08 Å². The van der Waals surface area contributed by atoms with E-state index in [1.165, 1.54) is 6.08 Å². The second kappa shape index (κ2) is 4.64. The van der Waals surface area contributed by atoms with E-state index in [1.54, 1.807) is 6.92 Å². The summed E-state index contributed by atoms with van der Waals surface area (Å²) in [6, 6.07) is 0. The minimum atomic E-state index is -5.62. The predicted molar refractivity (Wildman–Crippen MR) is 57.2 cm³/mol. The molecule has 2 rings (SSSR count). The molecule has 0 saturated carbocycles. The van der Waals surface area contributed by atoms with Crippen molar-refractivity contribution in [3.63, 3.8) is 0 Å². The van der Waals surface area contributed by atoms with Gasteiger partial charge in [-0.1, -0.05) is 6.92 Å². The second-order valence-electron chi connectivity index (χ2n) is 4.51. The summed E-state index contributed by atoms with van der Waals surface area (Å²) in [5, 5.41) is 0. The fraction of sp³-hybridized carbons (Fsp3) is 0.800. The quantitative estimate of drug-likeness (QED) is 0.576. The summed E-state index contributed by atoms with van der Waals surface area (Å²) in [4.78, 5) is 0. The fourth-order valence-electron chi connectivity index (χ4n) is 2.13. The van der Waals surface area contributed by atoms with Crippen LogP contribution in [0, 0.1) is 5.92 Å². The molecule has 5 nitrogen and oxygen atoms in total. The van der Waals surface area contributed by atoms with Gasteiger partial charge in [0.05, 0.1) is 13.2 Å². The first-order chi connectivity index (χ1) is 8.65. The molecule has 9 heteroatoms. The van der Waals surface area contributed by atoms with Crippen LogP contribution in [0.15, 0.2) is 11.8 Å². The minimum Gasteiger partial charge on any atom is -0.381 e. The van der Waals surface area contributed by atoms with Crippen LogP contribution >= 0.6 is 0 Å². The highest BCUT2D eigenvalue weighted by atomic mass is 32.2. The van der Waals surface area contributed by atoms with Crippen LogP contribution in [-0.2, 0) is 23.8 Å². The average molecular weight is 302 g/mol. The van der Waals surface area contributed by atoms with Gasteiger partial charge >= 0.3 is 15.6 Å². The summed E-state index contributed by atoms with van der Waals surface area (Å²) in [5.41, 5.74) is -5.43. The van der Waals surface area contributed by atoms with E-state index in [4.69, 9.17) is 9.47 Å². The van der Waals surface area contributed by atoms with Crippen molar-refractivity contribution in [1.29, 1.82) is 0 Å². The summed E-state index contributed by atoms with van der Waals surface area (Å²) >= 11 is 0. The van der Waals surface area contributed by atoms with Gasteiger partial charge in [0, 0.05) is 18.8 Å². The Hall–Kier alpha value is -0.800. The Morgan fingerprint density at radius 3 is 2.42 bits per heavy atom. The van der Waals surface area contributed by atoms with Gasteiger partial charge in [-0.3, -0.25) is 0 Å². The minimum absolute atomic E-state index is 0.167. The van der Waals surface area contributed by atoms with Crippen LogP contribution in [0.25, 0.3) is 0 Å². The standard InChI is InChI=1S/C10H13F3O5S/c1-7-6-9(16-4-5-17-9)3-2-8(7)18-19(14,15)10(11,12)13/h2,7H,3-6H2,1H3. The summed E-state index contributed by atoms with van der Waals surface area (Å²) in [6.45, 7) is 2.39. The van der Waals surface area contributed by atoms with E-state index in [0.717, 1.165) is 0 Å². The first-order valence-corrected chi connectivity index (χ1v) is 7.05. The maximum absolute atomic E-state index is 12.2. The molecule has 1 unspecified atom stereocenters. The highest BCUT2D eigenvalue weighted by Gasteiger charge is 2.50. The summed E-state index contributed by atoms with van der Waals surface area (Å²) in [6.07, 6.45) is 1.70. The van der Waals surface area contributed by atoms with Gasteiger partial charge in [0.1, 0.15) is 5.76 Å². The molecule has 0 aromatic heterocycles. The van der Waals surface area contributed by atoms with Gasteiger partial charge in [0.15, 0.2) is 5.79 Å². The van der Waals surface area contributed by atoms with Crippen LogP contribution < -0.4 is 0 Å². The Balaban J connectivity index is 2.13. The molecule has 1 fully saturated rings. The number of rotatable bonds is 2. The molecule has 1 saturated heterocycles. The van der Waals surface area contributed by atoms with Crippen molar-refractivity contribution in [2.24, 2.45) is 5.92 Å². The SMILES string of the molecule is CC1CC2(CC=C1OS(=O)(=O)C(F)(F)F)OCCO2. The lowest BCUT2D eigenvalue weighted by Gasteiger charge is -2.33. The first-order valence-electron chi connectivity index (χ1n) is 5.64. The number of alkyl halides is 3. The molecule has 1 heterocycles. The molecule has 19 heavy (non-hydrogen) atoms. The molecule has 1 aliphatic heterocycles. The zero-order chi connectivity index (χ0) is 14.3. The van der Waals surface area contributed by atoms with Crippen LogP contribution in [0.4, 0.5) is 13.2 Å². The number of hydrogen-bond acceptors (Lipinski definition) is 5. The Bertz CT molecular complexity index is 476. The van der Waals surface area contributed by atoms with Gasteiger partial charge in [0.2, 0.25) is 0 Å². The highest BCUT2D eigenvalue weighted by molar-refractivity contribution is 7.87. The molecule has 1 aliphatic carbocycles. The maximum atomic E-state index is 12.2. The number of ether oxygens (including phenoxy) is 2. The molecular weight excluding hydrogens is 289 g/mol. The first kappa shape index (κ1) is 14.6. The largest absolute Gasteiger partial charge is 0.534 e. The predicted octanol–water partition coefficient (Wildman–Crippen LogP) is 1.91.